The van der Waals surface area contributed by atoms with Crippen LogP contribution in [0.15, 0.2) is 42.5 Å². The summed E-state index contributed by atoms with van der Waals surface area (Å²) in [4.78, 5) is 24.2. The summed E-state index contributed by atoms with van der Waals surface area (Å²) in [6.45, 7) is 3.64. The highest BCUT2D eigenvalue weighted by atomic mass is 35.5. The number of hydrogen-bond acceptors (Lipinski definition) is 4. The number of rotatable bonds is 8. The second-order valence-electron chi connectivity index (χ2n) is 9.39. The van der Waals surface area contributed by atoms with Crippen molar-refractivity contribution in [1.82, 2.24) is 5.32 Å². The second-order valence-corrected chi connectivity index (χ2v) is 12.4. The van der Waals surface area contributed by atoms with Crippen molar-refractivity contribution in [3.05, 3.63) is 69.5 Å². The first-order valence-electron chi connectivity index (χ1n) is 11.2. The Morgan fingerprint density at radius 3 is 2.31 bits per heavy atom. The maximum Gasteiger partial charge on any atom is 0.304 e. The quantitative estimate of drug-likeness (QED) is 0.473. The number of nitrogens with one attached hydrogen (secondary N) is 1. The third-order valence-electron chi connectivity index (χ3n) is 6.92. The SMILES string of the molecule is CC(C(C)C(c1ccc(Cl)cc1)S(C)(=O)=O)C1NC(=O)C(CC(=O)O)CC1c1cc(F)cc(Cl)c1. The molecule has 1 aliphatic rings. The van der Waals surface area contributed by atoms with Crippen LogP contribution >= 0.6 is 23.2 Å². The van der Waals surface area contributed by atoms with Gasteiger partial charge in [0.1, 0.15) is 5.82 Å². The van der Waals surface area contributed by atoms with Crippen LogP contribution in [0.3, 0.4) is 0 Å². The van der Waals surface area contributed by atoms with Gasteiger partial charge in [0.15, 0.2) is 9.84 Å². The van der Waals surface area contributed by atoms with Crippen molar-refractivity contribution in [1.29, 1.82) is 0 Å². The summed E-state index contributed by atoms with van der Waals surface area (Å²) in [5.74, 6) is -4.19. The second kappa shape index (κ2) is 10.8. The van der Waals surface area contributed by atoms with E-state index in [0.717, 1.165) is 0 Å². The molecular weight excluding hydrogens is 516 g/mol. The summed E-state index contributed by atoms with van der Waals surface area (Å²) in [7, 11) is -3.56. The number of amides is 1. The minimum absolute atomic E-state index is 0.171. The molecule has 1 heterocycles. The molecule has 0 aliphatic carbocycles. The molecule has 0 saturated carbocycles. The van der Waals surface area contributed by atoms with E-state index in [1.54, 1.807) is 37.3 Å². The molecule has 1 aliphatic heterocycles. The molecule has 2 aromatic carbocycles. The van der Waals surface area contributed by atoms with E-state index < -0.39 is 56.6 Å². The molecule has 2 N–H and O–H groups in total. The lowest BCUT2D eigenvalue weighted by Gasteiger charge is -2.43. The third kappa shape index (κ3) is 6.54. The van der Waals surface area contributed by atoms with Crippen LogP contribution in [0.4, 0.5) is 4.39 Å². The van der Waals surface area contributed by atoms with Crippen molar-refractivity contribution in [2.75, 3.05) is 6.26 Å². The Labute approximate surface area is 214 Å². The summed E-state index contributed by atoms with van der Waals surface area (Å²) < 4.78 is 40.0. The van der Waals surface area contributed by atoms with Gasteiger partial charge >= 0.3 is 5.97 Å². The smallest absolute Gasteiger partial charge is 0.304 e. The van der Waals surface area contributed by atoms with E-state index in [4.69, 9.17) is 23.2 Å². The maximum atomic E-state index is 14.2. The molecule has 10 heteroatoms. The summed E-state index contributed by atoms with van der Waals surface area (Å²) >= 11 is 12.1. The number of hydrogen-bond donors (Lipinski definition) is 2. The summed E-state index contributed by atoms with van der Waals surface area (Å²) in [5, 5.41) is 12.0. The van der Waals surface area contributed by atoms with Crippen LogP contribution in [0.1, 0.15) is 49.0 Å². The minimum atomic E-state index is -3.56. The highest BCUT2D eigenvalue weighted by Crippen LogP contribution is 2.43. The number of halogens is 3. The number of piperidine rings is 1. The number of aliphatic carboxylic acids is 1. The molecule has 1 saturated heterocycles. The average molecular weight is 544 g/mol. The first kappa shape index (κ1) is 27.4. The molecule has 0 radical (unpaired) electrons. The summed E-state index contributed by atoms with van der Waals surface area (Å²) in [6, 6.07) is 10.1. The largest absolute Gasteiger partial charge is 0.481 e. The fourth-order valence-corrected chi connectivity index (χ4v) is 7.19. The van der Waals surface area contributed by atoms with E-state index in [1.807, 2.05) is 6.92 Å². The highest BCUT2D eigenvalue weighted by Gasteiger charge is 2.44. The Morgan fingerprint density at radius 2 is 1.77 bits per heavy atom. The Hall–Kier alpha value is -2.16. The van der Waals surface area contributed by atoms with Crippen LogP contribution in [0.25, 0.3) is 0 Å². The van der Waals surface area contributed by atoms with Crippen LogP contribution < -0.4 is 5.32 Å². The van der Waals surface area contributed by atoms with Crippen LogP contribution in [0.2, 0.25) is 10.0 Å². The van der Waals surface area contributed by atoms with Gasteiger partial charge in [-0.3, -0.25) is 9.59 Å². The average Bonchev–Trinajstić information content (AvgIpc) is 2.74. The van der Waals surface area contributed by atoms with E-state index in [-0.39, 0.29) is 23.8 Å². The van der Waals surface area contributed by atoms with Gasteiger partial charge < -0.3 is 10.4 Å². The Balaban J connectivity index is 2.02. The number of sulfone groups is 1. The first-order chi connectivity index (χ1) is 16.3. The molecule has 0 aromatic heterocycles. The van der Waals surface area contributed by atoms with Crippen LogP contribution in [-0.4, -0.2) is 37.7 Å². The van der Waals surface area contributed by atoms with Crippen molar-refractivity contribution in [3.63, 3.8) is 0 Å². The topological polar surface area (TPSA) is 101 Å². The van der Waals surface area contributed by atoms with Crippen molar-refractivity contribution >= 4 is 44.9 Å². The number of benzene rings is 2. The van der Waals surface area contributed by atoms with E-state index in [0.29, 0.717) is 16.1 Å². The third-order valence-corrected chi connectivity index (χ3v) is 9.01. The van der Waals surface area contributed by atoms with Crippen LogP contribution in [0.5, 0.6) is 0 Å². The molecule has 0 bridgehead atoms. The number of carbonyl (C=O) groups is 2. The fraction of sp³-hybridized carbons (Fsp3) is 0.440. The lowest BCUT2D eigenvalue weighted by atomic mass is 9.71. The van der Waals surface area contributed by atoms with Gasteiger partial charge in [0.05, 0.1) is 11.7 Å². The molecule has 1 amide bonds. The predicted octanol–water partition coefficient (Wildman–Crippen LogP) is 5.25. The number of carboxylic acids is 1. The monoisotopic (exact) mass is 543 g/mol. The van der Waals surface area contributed by atoms with Crippen molar-refractivity contribution in [3.8, 4) is 0 Å². The molecule has 6 nitrogen and oxygen atoms in total. The first-order valence-corrected chi connectivity index (χ1v) is 13.9. The zero-order valence-corrected chi connectivity index (χ0v) is 21.9. The zero-order valence-electron chi connectivity index (χ0n) is 19.5. The van der Waals surface area contributed by atoms with Crippen molar-refractivity contribution in [2.24, 2.45) is 17.8 Å². The molecule has 1 fully saturated rings. The summed E-state index contributed by atoms with van der Waals surface area (Å²) in [6.07, 6.45) is 0.977. The normalized spacial score (nSPS) is 23.3. The van der Waals surface area contributed by atoms with Crippen LogP contribution in [0, 0.1) is 23.6 Å². The van der Waals surface area contributed by atoms with Gasteiger partial charge in [0.2, 0.25) is 5.91 Å². The predicted molar refractivity (Wildman–Crippen MR) is 134 cm³/mol. The van der Waals surface area contributed by atoms with Gasteiger partial charge in [-0.05, 0) is 59.7 Å². The molecule has 3 rings (SSSR count). The lowest BCUT2D eigenvalue weighted by Crippen LogP contribution is -2.53. The van der Waals surface area contributed by atoms with Crippen LogP contribution in [-0.2, 0) is 19.4 Å². The van der Waals surface area contributed by atoms with Gasteiger partial charge in [0.25, 0.3) is 0 Å². The van der Waals surface area contributed by atoms with Gasteiger partial charge in [0, 0.05) is 34.2 Å². The molecule has 6 unspecified atom stereocenters. The minimum Gasteiger partial charge on any atom is -0.481 e. The van der Waals surface area contributed by atoms with E-state index in [9.17, 15) is 27.5 Å². The van der Waals surface area contributed by atoms with Gasteiger partial charge in [-0.1, -0.05) is 49.2 Å². The Bertz CT molecular complexity index is 1180. The highest BCUT2D eigenvalue weighted by molar-refractivity contribution is 7.90. The van der Waals surface area contributed by atoms with Gasteiger partial charge in [-0.2, -0.15) is 0 Å². The van der Waals surface area contributed by atoms with E-state index in [1.165, 1.54) is 18.4 Å². The molecule has 190 valence electrons. The molecule has 6 atom stereocenters. The number of carboxylic acid groups (broad SMARTS) is 1. The van der Waals surface area contributed by atoms with Gasteiger partial charge in [-0.25, -0.2) is 12.8 Å². The standard InChI is InChI=1S/C25H28Cl2FNO5S/c1-13(14(2)24(35(3,33)34)15-4-6-18(26)7-5-15)23-21(16-8-19(27)12-20(28)9-16)10-17(11-22(30)31)25(32)29-23/h4-9,12-14,17,21,23-24H,10-11H2,1-3H3,(H,29,32)(H,30,31). The molecule has 35 heavy (non-hydrogen) atoms. The van der Waals surface area contributed by atoms with E-state index >= 15 is 0 Å². The van der Waals surface area contributed by atoms with E-state index in [2.05, 4.69) is 5.32 Å². The Morgan fingerprint density at radius 1 is 1.14 bits per heavy atom. The zero-order chi connectivity index (χ0) is 26.1. The van der Waals surface area contributed by atoms with Crippen molar-refractivity contribution in [2.45, 2.75) is 43.9 Å². The lowest BCUT2D eigenvalue weighted by molar-refractivity contribution is -0.142. The maximum absolute atomic E-state index is 14.2. The molecule has 0 spiro atoms. The summed E-state index contributed by atoms with van der Waals surface area (Å²) in [5.41, 5.74) is 1.10. The molecule has 2 aromatic rings. The number of carbonyl (C=O) groups excluding carboxylic acids is 1. The Kier molecular flexibility index (Phi) is 8.50. The molecular formula is C25H28Cl2FNO5S. The van der Waals surface area contributed by atoms with Crippen molar-refractivity contribution < 1.29 is 27.5 Å². The fourth-order valence-electron chi connectivity index (χ4n) is 5.16. The van der Waals surface area contributed by atoms with Gasteiger partial charge in [-0.15, -0.1) is 0 Å².